The third kappa shape index (κ3) is 2.66. The quantitative estimate of drug-likeness (QED) is 0.827. The summed E-state index contributed by atoms with van der Waals surface area (Å²) in [7, 11) is -2.95. The van der Waals surface area contributed by atoms with Gasteiger partial charge in [0.25, 0.3) is 5.91 Å². The minimum atomic E-state index is -2.95. The molecule has 1 saturated heterocycles. The van der Waals surface area contributed by atoms with Gasteiger partial charge in [-0.1, -0.05) is 30.0 Å². The Hall–Kier alpha value is -1.34. The Morgan fingerprint density at radius 2 is 2.00 bits per heavy atom. The van der Waals surface area contributed by atoms with Gasteiger partial charge in [0.15, 0.2) is 15.0 Å². The summed E-state index contributed by atoms with van der Waals surface area (Å²) in [4.78, 5) is 16.2. The fraction of sp³-hybridized carbons (Fsp3) is 0.333. The Kier molecular flexibility index (Phi) is 3.10. The van der Waals surface area contributed by atoms with Gasteiger partial charge in [-0.25, -0.2) is 8.42 Å². The van der Waals surface area contributed by atoms with Crippen molar-refractivity contribution in [3.63, 3.8) is 0 Å². The predicted molar refractivity (Wildman–Crippen MR) is 75.2 cm³/mol. The van der Waals surface area contributed by atoms with Gasteiger partial charge in [-0.3, -0.25) is 9.79 Å². The largest absolute Gasteiger partial charge is 0.301 e. The minimum Gasteiger partial charge on any atom is -0.301 e. The van der Waals surface area contributed by atoms with Crippen LogP contribution in [-0.4, -0.2) is 42.3 Å². The van der Waals surface area contributed by atoms with Crippen molar-refractivity contribution in [2.45, 2.75) is 11.3 Å². The molecule has 5 nitrogen and oxygen atoms in total. The van der Waals surface area contributed by atoms with Gasteiger partial charge in [0.1, 0.15) is 0 Å². The first-order chi connectivity index (χ1) is 9.03. The monoisotopic (exact) mass is 296 g/mol. The van der Waals surface area contributed by atoms with Crippen LogP contribution in [0.15, 0.2) is 35.3 Å². The number of hydrogen-bond acceptors (Lipinski definition) is 5. The van der Waals surface area contributed by atoms with Crippen LogP contribution in [0.25, 0.3) is 0 Å². The number of carbonyl (C=O) groups is 1. The van der Waals surface area contributed by atoms with Crippen LogP contribution in [0, 0.1) is 0 Å². The summed E-state index contributed by atoms with van der Waals surface area (Å²) in [6.07, 6.45) is 0. The standard InChI is InChI=1S/C12H12N2O3S2/c15-11(8-4-2-1-3-5-8)14-12-13-9-6-19(16,17)7-10(9)18-12/h1-5,9-10H,6-7H2,(H,13,14,15). The number of benzene rings is 1. The Labute approximate surface area is 115 Å². The van der Waals surface area contributed by atoms with E-state index in [2.05, 4.69) is 10.3 Å². The van der Waals surface area contributed by atoms with Crippen LogP contribution in [0.4, 0.5) is 0 Å². The van der Waals surface area contributed by atoms with Crippen molar-refractivity contribution in [1.82, 2.24) is 5.32 Å². The summed E-state index contributed by atoms with van der Waals surface area (Å²) in [5.74, 6) is 0.0287. The number of hydrogen-bond donors (Lipinski definition) is 1. The molecule has 2 heterocycles. The highest BCUT2D eigenvalue weighted by molar-refractivity contribution is 8.15. The zero-order chi connectivity index (χ0) is 13.5. The van der Waals surface area contributed by atoms with E-state index in [9.17, 15) is 13.2 Å². The number of aliphatic imine (C=N–C) groups is 1. The summed E-state index contributed by atoms with van der Waals surface area (Å²) in [5, 5.41) is 3.21. The van der Waals surface area contributed by atoms with Gasteiger partial charge < -0.3 is 5.32 Å². The number of amidine groups is 1. The maximum atomic E-state index is 11.9. The van der Waals surface area contributed by atoms with Crippen molar-refractivity contribution >= 4 is 32.7 Å². The lowest BCUT2D eigenvalue weighted by Crippen LogP contribution is -2.28. The van der Waals surface area contributed by atoms with E-state index in [0.29, 0.717) is 10.7 Å². The molecule has 0 saturated carbocycles. The number of fused-ring (bicyclic) bond motifs is 1. The number of carbonyl (C=O) groups excluding carboxylic acids is 1. The third-order valence-electron chi connectivity index (χ3n) is 3.07. The average molecular weight is 296 g/mol. The van der Waals surface area contributed by atoms with Gasteiger partial charge in [0.2, 0.25) is 0 Å². The van der Waals surface area contributed by atoms with E-state index in [0.717, 1.165) is 0 Å². The predicted octanol–water partition coefficient (Wildman–Crippen LogP) is 0.685. The maximum Gasteiger partial charge on any atom is 0.257 e. The molecule has 0 aromatic heterocycles. The second-order valence-electron chi connectivity index (χ2n) is 4.55. The molecule has 19 heavy (non-hydrogen) atoms. The highest BCUT2D eigenvalue weighted by Gasteiger charge is 2.42. The smallest absolute Gasteiger partial charge is 0.257 e. The van der Waals surface area contributed by atoms with Gasteiger partial charge in [-0.05, 0) is 12.1 Å². The topological polar surface area (TPSA) is 75.6 Å². The molecule has 2 unspecified atom stereocenters. The summed E-state index contributed by atoms with van der Waals surface area (Å²) in [6, 6.07) is 8.66. The summed E-state index contributed by atoms with van der Waals surface area (Å²) < 4.78 is 22.8. The lowest BCUT2D eigenvalue weighted by atomic mass is 10.2. The summed E-state index contributed by atoms with van der Waals surface area (Å²) in [5.41, 5.74) is 0.565. The van der Waals surface area contributed by atoms with Crippen LogP contribution >= 0.6 is 11.8 Å². The number of rotatable bonds is 1. The SMILES string of the molecule is O=C(NC1=NC2CS(=O)(=O)CC2S1)c1ccccc1. The first-order valence-electron chi connectivity index (χ1n) is 5.85. The van der Waals surface area contributed by atoms with E-state index in [1.165, 1.54) is 11.8 Å². The summed E-state index contributed by atoms with van der Waals surface area (Å²) >= 11 is 1.35. The van der Waals surface area contributed by atoms with Gasteiger partial charge in [-0.2, -0.15) is 0 Å². The second kappa shape index (κ2) is 4.64. The number of amides is 1. The number of thioether (sulfide) groups is 1. The normalized spacial score (nSPS) is 27.7. The van der Waals surface area contributed by atoms with Crippen LogP contribution in [-0.2, 0) is 9.84 Å². The highest BCUT2D eigenvalue weighted by atomic mass is 32.2. The van der Waals surface area contributed by atoms with E-state index >= 15 is 0 Å². The van der Waals surface area contributed by atoms with Crippen LogP contribution in [0.5, 0.6) is 0 Å². The molecule has 0 aliphatic carbocycles. The number of sulfone groups is 1. The fourth-order valence-electron chi connectivity index (χ4n) is 2.17. The first-order valence-corrected chi connectivity index (χ1v) is 8.55. The molecule has 7 heteroatoms. The maximum absolute atomic E-state index is 11.9. The summed E-state index contributed by atoms with van der Waals surface area (Å²) in [6.45, 7) is 0. The van der Waals surface area contributed by atoms with Crippen LogP contribution < -0.4 is 5.32 Å². The number of nitrogens with zero attached hydrogens (tertiary/aromatic N) is 1. The zero-order valence-corrected chi connectivity index (χ0v) is 11.6. The highest BCUT2D eigenvalue weighted by Crippen LogP contribution is 2.33. The van der Waals surface area contributed by atoms with Crippen molar-refractivity contribution in [1.29, 1.82) is 0 Å². The molecule has 3 rings (SSSR count). The molecule has 100 valence electrons. The Morgan fingerprint density at radius 1 is 1.26 bits per heavy atom. The van der Waals surface area contributed by atoms with Crippen molar-refractivity contribution in [2.75, 3.05) is 11.5 Å². The van der Waals surface area contributed by atoms with E-state index in [4.69, 9.17) is 0 Å². The minimum absolute atomic E-state index is 0.0453. The third-order valence-corrected chi connectivity index (χ3v) is 6.22. The Balaban J connectivity index is 1.69. The molecule has 2 aliphatic rings. The Bertz CT molecular complexity index is 640. The lowest BCUT2D eigenvalue weighted by Gasteiger charge is -2.05. The molecule has 0 bridgehead atoms. The molecule has 1 aromatic rings. The van der Waals surface area contributed by atoms with Crippen LogP contribution in [0.2, 0.25) is 0 Å². The van der Waals surface area contributed by atoms with Crippen molar-refractivity contribution in [2.24, 2.45) is 4.99 Å². The molecule has 1 fully saturated rings. The van der Waals surface area contributed by atoms with E-state index in [1.54, 1.807) is 24.3 Å². The van der Waals surface area contributed by atoms with E-state index < -0.39 is 9.84 Å². The molecule has 2 atom stereocenters. The molecule has 0 spiro atoms. The van der Waals surface area contributed by atoms with Crippen LogP contribution in [0.1, 0.15) is 10.4 Å². The second-order valence-corrected chi connectivity index (χ2v) is 7.94. The molecular weight excluding hydrogens is 284 g/mol. The molecule has 1 N–H and O–H groups in total. The van der Waals surface area contributed by atoms with Crippen molar-refractivity contribution in [3.05, 3.63) is 35.9 Å². The van der Waals surface area contributed by atoms with Gasteiger partial charge in [0.05, 0.1) is 17.5 Å². The van der Waals surface area contributed by atoms with Gasteiger partial charge in [-0.15, -0.1) is 0 Å². The molecular formula is C12H12N2O3S2. The van der Waals surface area contributed by atoms with Gasteiger partial charge >= 0.3 is 0 Å². The molecule has 2 aliphatic heterocycles. The van der Waals surface area contributed by atoms with Crippen molar-refractivity contribution in [3.8, 4) is 0 Å². The molecule has 1 amide bonds. The Morgan fingerprint density at radius 3 is 2.68 bits per heavy atom. The number of nitrogens with one attached hydrogen (secondary N) is 1. The molecule has 1 aromatic carbocycles. The van der Waals surface area contributed by atoms with Gasteiger partial charge in [0, 0.05) is 10.8 Å². The fourth-order valence-corrected chi connectivity index (χ4v) is 5.83. The van der Waals surface area contributed by atoms with Crippen molar-refractivity contribution < 1.29 is 13.2 Å². The average Bonchev–Trinajstić information content (AvgIpc) is 2.82. The molecule has 0 radical (unpaired) electrons. The lowest BCUT2D eigenvalue weighted by molar-refractivity contribution is 0.0978. The zero-order valence-electron chi connectivity index (χ0n) is 9.94. The van der Waals surface area contributed by atoms with E-state index in [-0.39, 0.29) is 28.7 Å². The first kappa shape index (κ1) is 12.7. The van der Waals surface area contributed by atoms with Crippen LogP contribution in [0.3, 0.4) is 0 Å². The van der Waals surface area contributed by atoms with E-state index in [1.807, 2.05) is 6.07 Å².